The van der Waals surface area contributed by atoms with Crippen molar-refractivity contribution in [1.82, 2.24) is 5.32 Å². The zero-order chi connectivity index (χ0) is 13.1. The molecule has 1 aliphatic carbocycles. The van der Waals surface area contributed by atoms with Crippen LogP contribution < -0.4 is 5.32 Å². The van der Waals surface area contributed by atoms with Crippen molar-refractivity contribution in [3.63, 3.8) is 0 Å². The molecule has 2 atom stereocenters. The van der Waals surface area contributed by atoms with E-state index in [-0.39, 0.29) is 19.4 Å². The number of nitrogens with one attached hydrogen (secondary N) is 1. The number of hydrogen-bond acceptors (Lipinski definition) is 2. The molecule has 2 nitrogen and oxygen atoms in total. The van der Waals surface area contributed by atoms with Crippen LogP contribution in [-0.2, 0) is 0 Å². The van der Waals surface area contributed by atoms with Crippen LogP contribution in [0, 0.1) is 11.8 Å². The lowest BCUT2D eigenvalue weighted by molar-refractivity contribution is -0.189. The molecule has 1 rings (SSSR count). The van der Waals surface area contributed by atoms with Gasteiger partial charge in [-0.25, -0.2) is 0 Å². The molecule has 1 aliphatic rings. The van der Waals surface area contributed by atoms with Gasteiger partial charge in [0.2, 0.25) is 0 Å². The van der Waals surface area contributed by atoms with Gasteiger partial charge in [-0.1, -0.05) is 20.3 Å². The first-order valence-electron chi connectivity index (χ1n) is 6.22. The van der Waals surface area contributed by atoms with Gasteiger partial charge >= 0.3 is 6.18 Å². The van der Waals surface area contributed by atoms with Gasteiger partial charge < -0.3 is 10.4 Å². The van der Waals surface area contributed by atoms with Gasteiger partial charge in [0.1, 0.15) is 0 Å². The molecule has 17 heavy (non-hydrogen) atoms. The van der Waals surface area contributed by atoms with E-state index >= 15 is 0 Å². The normalized spacial score (nSPS) is 30.9. The summed E-state index contributed by atoms with van der Waals surface area (Å²) in [5.74, 6) is -0.909. The quantitative estimate of drug-likeness (QED) is 0.807. The van der Waals surface area contributed by atoms with Crippen molar-refractivity contribution >= 4 is 0 Å². The van der Waals surface area contributed by atoms with Crippen molar-refractivity contribution in [3.8, 4) is 0 Å². The third-order valence-corrected chi connectivity index (χ3v) is 3.50. The topological polar surface area (TPSA) is 32.3 Å². The maximum atomic E-state index is 12.7. The van der Waals surface area contributed by atoms with Crippen LogP contribution in [0.1, 0.15) is 39.5 Å². The predicted molar refractivity (Wildman–Crippen MR) is 60.7 cm³/mol. The fourth-order valence-corrected chi connectivity index (χ4v) is 2.42. The highest BCUT2D eigenvalue weighted by Crippen LogP contribution is 2.41. The molecular formula is C12H22F3NO. The molecule has 0 bridgehead atoms. The molecule has 0 spiro atoms. The van der Waals surface area contributed by atoms with E-state index in [1.165, 1.54) is 0 Å². The van der Waals surface area contributed by atoms with E-state index in [0.29, 0.717) is 25.3 Å². The number of aliphatic hydroxyl groups is 1. The Bertz CT molecular complexity index is 242. The van der Waals surface area contributed by atoms with E-state index in [0.717, 1.165) is 0 Å². The van der Waals surface area contributed by atoms with E-state index in [1.807, 2.05) is 13.8 Å². The molecule has 1 fully saturated rings. The van der Waals surface area contributed by atoms with E-state index in [4.69, 9.17) is 0 Å². The molecule has 0 radical (unpaired) electrons. The van der Waals surface area contributed by atoms with Crippen LogP contribution in [0.2, 0.25) is 0 Å². The van der Waals surface area contributed by atoms with Crippen LogP contribution in [-0.4, -0.2) is 30.0 Å². The third-order valence-electron chi connectivity index (χ3n) is 3.50. The molecule has 0 amide bonds. The summed E-state index contributed by atoms with van der Waals surface area (Å²) in [6, 6.07) is 0. The van der Waals surface area contributed by atoms with Gasteiger partial charge in [0.25, 0.3) is 0 Å². The molecule has 2 unspecified atom stereocenters. The largest absolute Gasteiger partial charge is 0.394 e. The second-order valence-corrected chi connectivity index (χ2v) is 5.55. The van der Waals surface area contributed by atoms with Crippen LogP contribution in [0.3, 0.4) is 0 Å². The summed E-state index contributed by atoms with van der Waals surface area (Å²) in [4.78, 5) is 0. The number of hydrogen-bond donors (Lipinski definition) is 2. The lowest BCUT2D eigenvalue weighted by Gasteiger charge is -2.41. The zero-order valence-electron chi connectivity index (χ0n) is 10.5. The minimum atomic E-state index is -4.14. The van der Waals surface area contributed by atoms with Gasteiger partial charge in [-0.05, 0) is 31.7 Å². The van der Waals surface area contributed by atoms with Crippen LogP contribution >= 0.6 is 0 Å². The average Bonchev–Trinajstić information content (AvgIpc) is 2.25. The smallest absolute Gasteiger partial charge is 0.391 e. The van der Waals surface area contributed by atoms with Crippen LogP contribution in [0.4, 0.5) is 13.2 Å². The molecule has 2 N–H and O–H groups in total. The first-order valence-corrected chi connectivity index (χ1v) is 6.22. The summed E-state index contributed by atoms with van der Waals surface area (Å²) in [5, 5.41) is 12.5. The maximum absolute atomic E-state index is 12.7. The SMILES string of the molecule is CC(C)CNC1(CO)CCCC(C(F)(F)F)C1. The van der Waals surface area contributed by atoms with Gasteiger partial charge in [0.05, 0.1) is 12.5 Å². The van der Waals surface area contributed by atoms with Crippen molar-refractivity contribution in [3.05, 3.63) is 0 Å². The molecule has 0 aromatic heterocycles. The Kier molecular flexibility index (Phi) is 4.84. The molecule has 0 aliphatic heterocycles. The Morgan fingerprint density at radius 1 is 1.41 bits per heavy atom. The minimum Gasteiger partial charge on any atom is -0.394 e. The lowest BCUT2D eigenvalue weighted by Crippen LogP contribution is -2.54. The molecule has 0 aromatic rings. The molecule has 0 heterocycles. The Labute approximate surface area is 101 Å². The van der Waals surface area contributed by atoms with Gasteiger partial charge in [-0.3, -0.25) is 0 Å². The number of rotatable bonds is 4. The summed E-state index contributed by atoms with van der Waals surface area (Å²) < 4.78 is 38.1. The monoisotopic (exact) mass is 253 g/mol. The first-order chi connectivity index (χ1) is 7.79. The lowest BCUT2D eigenvalue weighted by atomic mass is 9.75. The Balaban J connectivity index is 2.65. The first kappa shape index (κ1) is 14.8. The predicted octanol–water partition coefficient (Wildman–Crippen LogP) is 2.72. The number of halogens is 3. The molecule has 5 heteroatoms. The second-order valence-electron chi connectivity index (χ2n) is 5.55. The molecule has 0 aromatic carbocycles. The van der Waals surface area contributed by atoms with E-state index < -0.39 is 17.6 Å². The highest BCUT2D eigenvalue weighted by molar-refractivity contribution is 4.95. The van der Waals surface area contributed by atoms with Gasteiger partial charge in [-0.15, -0.1) is 0 Å². The number of alkyl halides is 3. The Morgan fingerprint density at radius 3 is 2.53 bits per heavy atom. The summed E-state index contributed by atoms with van der Waals surface area (Å²) in [6.07, 6.45) is -2.80. The third kappa shape index (κ3) is 4.14. The van der Waals surface area contributed by atoms with Crippen LogP contribution in [0.5, 0.6) is 0 Å². The fourth-order valence-electron chi connectivity index (χ4n) is 2.42. The summed E-state index contributed by atoms with van der Waals surface area (Å²) in [5.41, 5.74) is -0.733. The standard InChI is InChI=1S/C12H22F3NO/c1-9(2)7-16-11(8-17)5-3-4-10(6-11)12(13,14)15/h9-10,16-17H,3-8H2,1-2H3. The van der Waals surface area contributed by atoms with Crippen LogP contribution in [0.15, 0.2) is 0 Å². The summed E-state index contributed by atoms with van der Waals surface area (Å²) >= 11 is 0. The average molecular weight is 253 g/mol. The number of aliphatic hydroxyl groups excluding tert-OH is 1. The van der Waals surface area contributed by atoms with Gasteiger partial charge in [-0.2, -0.15) is 13.2 Å². The second kappa shape index (κ2) is 5.57. The van der Waals surface area contributed by atoms with Gasteiger partial charge in [0.15, 0.2) is 0 Å². The van der Waals surface area contributed by atoms with Crippen molar-refractivity contribution < 1.29 is 18.3 Å². The Morgan fingerprint density at radius 2 is 2.06 bits per heavy atom. The van der Waals surface area contributed by atoms with Crippen molar-refractivity contribution in [2.24, 2.45) is 11.8 Å². The van der Waals surface area contributed by atoms with Crippen molar-refractivity contribution in [2.75, 3.05) is 13.2 Å². The maximum Gasteiger partial charge on any atom is 0.391 e. The van der Waals surface area contributed by atoms with Crippen molar-refractivity contribution in [1.29, 1.82) is 0 Å². The highest BCUT2D eigenvalue weighted by atomic mass is 19.4. The van der Waals surface area contributed by atoms with Crippen molar-refractivity contribution in [2.45, 2.75) is 51.2 Å². The fraction of sp³-hybridized carbons (Fsp3) is 1.00. The molecular weight excluding hydrogens is 231 g/mol. The van der Waals surface area contributed by atoms with Gasteiger partial charge in [0, 0.05) is 5.54 Å². The molecule has 0 saturated heterocycles. The van der Waals surface area contributed by atoms with E-state index in [9.17, 15) is 18.3 Å². The van der Waals surface area contributed by atoms with E-state index in [2.05, 4.69) is 5.32 Å². The summed E-state index contributed by atoms with van der Waals surface area (Å²) in [7, 11) is 0. The minimum absolute atomic E-state index is 0.000278. The summed E-state index contributed by atoms with van der Waals surface area (Å²) in [6.45, 7) is 4.43. The molecule has 102 valence electrons. The highest BCUT2D eigenvalue weighted by Gasteiger charge is 2.47. The Hall–Kier alpha value is -0.290. The zero-order valence-corrected chi connectivity index (χ0v) is 10.5. The van der Waals surface area contributed by atoms with Crippen LogP contribution in [0.25, 0.3) is 0 Å². The molecule has 1 saturated carbocycles. The van der Waals surface area contributed by atoms with E-state index in [1.54, 1.807) is 0 Å².